The molecule has 2 aromatic rings. The number of nitrogens with one attached hydrogen (secondary N) is 1. The Hall–Kier alpha value is -2.19. The monoisotopic (exact) mass is 286 g/mol. The molecule has 0 saturated heterocycles. The maximum absolute atomic E-state index is 13.5. The molecule has 1 aromatic heterocycles. The molecule has 110 valence electrons. The van der Waals surface area contributed by atoms with E-state index in [0.29, 0.717) is 12.1 Å². The summed E-state index contributed by atoms with van der Waals surface area (Å²) in [5.41, 5.74) is 4.29. The van der Waals surface area contributed by atoms with Gasteiger partial charge in [-0.3, -0.25) is 4.68 Å². The summed E-state index contributed by atoms with van der Waals surface area (Å²) in [6, 6.07) is 6.35. The van der Waals surface area contributed by atoms with E-state index in [-0.39, 0.29) is 0 Å². The third kappa shape index (κ3) is 3.47. The van der Waals surface area contributed by atoms with Crippen LogP contribution in [0.1, 0.15) is 35.0 Å². The average molecular weight is 286 g/mol. The summed E-state index contributed by atoms with van der Waals surface area (Å²) in [6.07, 6.45) is 0. The highest BCUT2D eigenvalue weighted by molar-refractivity contribution is 5.34. The molecule has 0 aliphatic carbocycles. The second-order valence-corrected chi connectivity index (χ2v) is 5.05. The number of rotatable bonds is 5. The van der Waals surface area contributed by atoms with E-state index in [2.05, 4.69) is 17.3 Å². The molecule has 0 aliphatic rings. The van der Waals surface area contributed by atoms with Gasteiger partial charge in [-0.05, 0) is 44.2 Å². The average Bonchev–Trinajstić information content (AvgIpc) is 2.70. The van der Waals surface area contributed by atoms with Gasteiger partial charge in [-0.15, -0.1) is 0 Å². The third-order valence-corrected chi connectivity index (χ3v) is 3.50. The van der Waals surface area contributed by atoms with Crippen LogP contribution in [0.15, 0.2) is 18.2 Å². The lowest BCUT2D eigenvalue weighted by Crippen LogP contribution is -2.13. The minimum Gasteiger partial charge on any atom is -0.313 e. The Morgan fingerprint density at radius 1 is 1.33 bits per heavy atom. The zero-order valence-corrected chi connectivity index (χ0v) is 12.6. The van der Waals surface area contributed by atoms with Gasteiger partial charge in [-0.2, -0.15) is 10.4 Å². The first-order valence-corrected chi connectivity index (χ1v) is 6.98. The van der Waals surface area contributed by atoms with E-state index >= 15 is 0 Å². The summed E-state index contributed by atoms with van der Waals surface area (Å²) >= 11 is 0. The normalized spacial score (nSPS) is 10.6. The first-order valence-electron chi connectivity index (χ1n) is 6.98. The minimum atomic E-state index is -0.390. The fourth-order valence-corrected chi connectivity index (χ4v) is 2.37. The van der Waals surface area contributed by atoms with Gasteiger partial charge in [0.2, 0.25) is 0 Å². The van der Waals surface area contributed by atoms with Gasteiger partial charge in [0.1, 0.15) is 5.82 Å². The Kier molecular flexibility index (Phi) is 4.71. The molecular formula is C16H19FN4. The molecule has 5 heteroatoms. The van der Waals surface area contributed by atoms with Crippen molar-refractivity contribution in [3.63, 3.8) is 0 Å². The summed E-state index contributed by atoms with van der Waals surface area (Å²) in [5, 5.41) is 16.7. The highest BCUT2D eigenvalue weighted by atomic mass is 19.1. The van der Waals surface area contributed by atoms with Crippen molar-refractivity contribution in [3.05, 3.63) is 52.1 Å². The Morgan fingerprint density at radius 2 is 2.10 bits per heavy atom. The van der Waals surface area contributed by atoms with E-state index in [0.717, 1.165) is 30.0 Å². The van der Waals surface area contributed by atoms with Crippen molar-refractivity contribution in [2.24, 2.45) is 0 Å². The van der Waals surface area contributed by atoms with Crippen molar-refractivity contribution < 1.29 is 4.39 Å². The van der Waals surface area contributed by atoms with Crippen LogP contribution in [-0.2, 0) is 13.1 Å². The van der Waals surface area contributed by atoms with Crippen LogP contribution < -0.4 is 5.32 Å². The van der Waals surface area contributed by atoms with Gasteiger partial charge in [0.05, 0.1) is 23.9 Å². The molecule has 21 heavy (non-hydrogen) atoms. The van der Waals surface area contributed by atoms with E-state index in [1.807, 2.05) is 24.6 Å². The van der Waals surface area contributed by atoms with Gasteiger partial charge in [0, 0.05) is 17.8 Å². The lowest BCUT2D eigenvalue weighted by Gasteiger charge is -2.07. The molecule has 0 atom stereocenters. The van der Waals surface area contributed by atoms with Crippen LogP contribution in [0.2, 0.25) is 0 Å². The maximum atomic E-state index is 13.5. The second-order valence-electron chi connectivity index (χ2n) is 5.05. The van der Waals surface area contributed by atoms with Crippen LogP contribution in [0.3, 0.4) is 0 Å². The van der Waals surface area contributed by atoms with E-state index in [9.17, 15) is 4.39 Å². The molecule has 2 rings (SSSR count). The van der Waals surface area contributed by atoms with E-state index in [1.165, 1.54) is 17.7 Å². The van der Waals surface area contributed by atoms with Crippen LogP contribution >= 0.6 is 0 Å². The van der Waals surface area contributed by atoms with Crippen LogP contribution in [0.5, 0.6) is 0 Å². The number of nitriles is 1. The van der Waals surface area contributed by atoms with E-state index in [4.69, 9.17) is 5.26 Å². The highest BCUT2D eigenvalue weighted by Gasteiger charge is 2.12. The Bertz CT molecular complexity index is 682. The Balaban J connectivity index is 2.28. The van der Waals surface area contributed by atoms with Gasteiger partial charge >= 0.3 is 0 Å². The summed E-state index contributed by atoms with van der Waals surface area (Å²) in [6.45, 7) is 8.19. The zero-order valence-electron chi connectivity index (χ0n) is 12.6. The molecule has 0 radical (unpaired) electrons. The molecule has 0 aliphatic heterocycles. The van der Waals surface area contributed by atoms with Crippen molar-refractivity contribution in [3.8, 4) is 6.07 Å². The fraction of sp³-hybridized carbons (Fsp3) is 0.375. The molecule has 0 unspecified atom stereocenters. The van der Waals surface area contributed by atoms with Gasteiger partial charge in [-0.1, -0.05) is 6.92 Å². The molecular weight excluding hydrogens is 267 g/mol. The summed E-state index contributed by atoms with van der Waals surface area (Å²) in [4.78, 5) is 0. The number of aromatic nitrogens is 2. The van der Waals surface area contributed by atoms with Crippen molar-refractivity contribution in [1.82, 2.24) is 15.1 Å². The molecule has 0 bridgehead atoms. The quantitative estimate of drug-likeness (QED) is 0.919. The van der Waals surface area contributed by atoms with Gasteiger partial charge < -0.3 is 5.32 Å². The predicted molar refractivity (Wildman–Crippen MR) is 79.3 cm³/mol. The SMILES string of the molecule is CCNCc1c(C)nn(Cc2cc(F)cc(C#N)c2)c1C. The van der Waals surface area contributed by atoms with Crippen LogP contribution in [0.4, 0.5) is 4.39 Å². The number of hydrogen-bond acceptors (Lipinski definition) is 3. The molecule has 0 spiro atoms. The lowest BCUT2D eigenvalue weighted by molar-refractivity contribution is 0.614. The topological polar surface area (TPSA) is 53.6 Å². The van der Waals surface area contributed by atoms with Gasteiger partial charge in [0.15, 0.2) is 0 Å². The number of nitrogens with zero attached hydrogens (tertiary/aromatic N) is 3. The fourth-order valence-electron chi connectivity index (χ4n) is 2.37. The summed E-state index contributed by atoms with van der Waals surface area (Å²) < 4.78 is 15.3. The predicted octanol–water partition coefficient (Wildman–Crippen LogP) is 2.67. The standard InChI is InChI=1S/C16H19FN4/c1-4-19-9-16-11(2)20-21(12(16)3)10-14-5-13(8-18)6-15(17)7-14/h5-7,19H,4,9-10H2,1-3H3. The van der Waals surface area contributed by atoms with Crippen molar-refractivity contribution in [2.45, 2.75) is 33.9 Å². The minimum absolute atomic E-state index is 0.333. The van der Waals surface area contributed by atoms with Gasteiger partial charge in [0.25, 0.3) is 0 Å². The molecule has 0 saturated carbocycles. The lowest BCUT2D eigenvalue weighted by atomic mass is 10.1. The maximum Gasteiger partial charge on any atom is 0.124 e. The molecule has 1 aromatic carbocycles. The molecule has 0 fully saturated rings. The molecule has 1 N–H and O–H groups in total. The number of halogens is 1. The first-order chi connectivity index (χ1) is 10.0. The van der Waals surface area contributed by atoms with E-state index in [1.54, 1.807) is 6.07 Å². The van der Waals surface area contributed by atoms with Crippen LogP contribution in [0, 0.1) is 31.0 Å². The second kappa shape index (κ2) is 6.51. The number of benzene rings is 1. The smallest absolute Gasteiger partial charge is 0.124 e. The van der Waals surface area contributed by atoms with Crippen molar-refractivity contribution in [1.29, 1.82) is 5.26 Å². The van der Waals surface area contributed by atoms with Gasteiger partial charge in [-0.25, -0.2) is 4.39 Å². The Morgan fingerprint density at radius 3 is 2.76 bits per heavy atom. The Labute approximate surface area is 124 Å². The number of aryl methyl sites for hydroxylation is 1. The molecule has 0 amide bonds. The summed E-state index contributed by atoms with van der Waals surface area (Å²) in [7, 11) is 0. The third-order valence-electron chi connectivity index (χ3n) is 3.50. The van der Waals surface area contributed by atoms with Crippen LogP contribution in [-0.4, -0.2) is 16.3 Å². The van der Waals surface area contributed by atoms with Crippen molar-refractivity contribution >= 4 is 0 Å². The number of hydrogen-bond donors (Lipinski definition) is 1. The van der Waals surface area contributed by atoms with Crippen molar-refractivity contribution in [2.75, 3.05) is 6.54 Å². The molecule has 1 heterocycles. The highest BCUT2D eigenvalue weighted by Crippen LogP contribution is 2.16. The zero-order chi connectivity index (χ0) is 15.4. The summed E-state index contributed by atoms with van der Waals surface area (Å²) in [5.74, 6) is -0.390. The largest absolute Gasteiger partial charge is 0.313 e. The van der Waals surface area contributed by atoms with E-state index < -0.39 is 5.82 Å². The molecule has 4 nitrogen and oxygen atoms in total. The first kappa shape index (κ1) is 15.2. The van der Waals surface area contributed by atoms with Crippen LogP contribution in [0.25, 0.3) is 0 Å².